The number of benzene rings is 3. The van der Waals surface area contributed by atoms with Crippen molar-refractivity contribution in [2.24, 2.45) is 0 Å². The zero-order valence-corrected chi connectivity index (χ0v) is 16.6. The number of carbonyl (C=O) groups excluding carboxylic acids is 2. The number of nitrogens with one attached hydrogen (secondary N) is 2. The van der Waals surface area contributed by atoms with E-state index >= 15 is 0 Å². The van der Waals surface area contributed by atoms with Gasteiger partial charge in [-0.25, -0.2) is 0 Å². The molecular weight excluding hydrogens is 388 g/mol. The first-order valence-corrected chi connectivity index (χ1v) is 9.54. The summed E-state index contributed by atoms with van der Waals surface area (Å²) < 4.78 is 5.62. The molecule has 0 aliphatic rings. The molecule has 3 rings (SSSR count). The molecule has 0 spiro atoms. The van der Waals surface area contributed by atoms with Gasteiger partial charge < -0.3 is 15.4 Å². The summed E-state index contributed by atoms with van der Waals surface area (Å²) >= 11 is 6.17. The van der Waals surface area contributed by atoms with Gasteiger partial charge in [-0.2, -0.15) is 0 Å². The second kappa shape index (κ2) is 9.75. The highest BCUT2D eigenvalue weighted by Crippen LogP contribution is 2.22. The molecule has 2 amide bonds. The zero-order chi connectivity index (χ0) is 20.6. The summed E-state index contributed by atoms with van der Waals surface area (Å²) in [5.41, 5.74) is 1.85. The van der Waals surface area contributed by atoms with E-state index in [0.29, 0.717) is 22.0 Å². The summed E-state index contributed by atoms with van der Waals surface area (Å²) in [6.45, 7) is 1.63. The van der Waals surface area contributed by atoms with Crippen molar-refractivity contribution in [3.8, 4) is 5.75 Å². The molecule has 0 saturated heterocycles. The molecule has 0 saturated carbocycles. The summed E-state index contributed by atoms with van der Waals surface area (Å²) in [7, 11) is 0. The number of hydrogen-bond acceptors (Lipinski definition) is 3. The van der Waals surface area contributed by atoms with Crippen LogP contribution < -0.4 is 15.4 Å². The van der Waals surface area contributed by atoms with Crippen molar-refractivity contribution < 1.29 is 14.3 Å². The van der Waals surface area contributed by atoms with Gasteiger partial charge in [0.25, 0.3) is 11.8 Å². The van der Waals surface area contributed by atoms with Gasteiger partial charge in [0.15, 0.2) is 6.61 Å². The molecule has 0 heterocycles. The van der Waals surface area contributed by atoms with Crippen LogP contribution in [0.5, 0.6) is 5.75 Å². The molecule has 6 heteroatoms. The van der Waals surface area contributed by atoms with Gasteiger partial charge in [0, 0.05) is 10.7 Å². The first-order valence-electron chi connectivity index (χ1n) is 9.16. The first kappa shape index (κ1) is 20.4. The highest BCUT2D eigenvalue weighted by atomic mass is 35.5. The van der Waals surface area contributed by atoms with Crippen LogP contribution in [0.4, 0.5) is 5.69 Å². The van der Waals surface area contributed by atoms with Crippen LogP contribution in [0.3, 0.4) is 0 Å². The molecule has 29 heavy (non-hydrogen) atoms. The maximum absolute atomic E-state index is 12.6. The van der Waals surface area contributed by atoms with E-state index in [1.807, 2.05) is 43.3 Å². The lowest BCUT2D eigenvalue weighted by atomic mass is 10.1. The van der Waals surface area contributed by atoms with Gasteiger partial charge in [0.1, 0.15) is 5.75 Å². The fourth-order valence-electron chi connectivity index (χ4n) is 2.83. The van der Waals surface area contributed by atoms with Gasteiger partial charge in [-0.15, -0.1) is 0 Å². The number of anilines is 1. The summed E-state index contributed by atoms with van der Waals surface area (Å²) in [5.74, 6) is -0.284. The topological polar surface area (TPSA) is 67.4 Å². The van der Waals surface area contributed by atoms with Crippen molar-refractivity contribution in [3.05, 3.63) is 95.0 Å². The van der Waals surface area contributed by atoms with Crippen molar-refractivity contribution >= 4 is 29.1 Å². The number of carbonyl (C=O) groups is 2. The van der Waals surface area contributed by atoms with E-state index in [0.717, 1.165) is 5.56 Å². The summed E-state index contributed by atoms with van der Waals surface area (Å²) in [6.07, 6.45) is 0. The number of hydrogen-bond donors (Lipinski definition) is 2. The average Bonchev–Trinajstić information content (AvgIpc) is 2.73. The molecule has 0 fully saturated rings. The molecule has 0 aliphatic carbocycles. The maximum Gasteiger partial charge on any atom is 0.259 e. The van der Waals surface area contributed by atoms with Gasteiger partial charge in [0.2, 0.25) is 0 Å². The quantitative estimate of drug-likeness (QED) is 0.587. The Morgan fingerprint density at radius 3 is 2.34 bits per heavy atom. The predicted molar refractivity (Wildman–Crippen MR) is 114 cm³/mol. The Kier molecular flexibility index (Phi) is 6.87. The number of ether oxygens (including phenoxy) is 1. The summed E-state index contributed by atoms with van der Waals surface area (Å²) in [5, 5.41) is 6.25. The van der Waals surface area contributed by atoms with Gasteiger partial charge >= 0.3 is 0 Å². The Balaban J connectivity index is 1.61. The van der Waals surface area contributed by atoms with Crippen molar-refractivity contribution in [1.29, 1.82) is 0 Å². The third-order valence-electron chi connectivity index (χ3n) is 4.27. The third kappa shape index (κ3) is 5.59. The molecule has 3 aromatic carbocycles. The molecular formula is C23H21ClN2O3. The number of halogens is 1. The largest absolute Gasteiger partial charge is 0.483 e. The lowest BCUT2D eigenvalue weighted by Crippen LogP contribution is -2.31. The Labute approximate surface area is 174 Å². The van der Waals surface area contributed by atoms with Crippen LogP contribution in [0.15, 0.2) is 78.9 Å². The summed E-state index contributed by atoms with van der Waals surface area (Å²) in [6, 6.07) is 23.0. The molecule has 0 aliphatic heterocycles. The monoisotopic (exact) mass is 408 g/mol. The lowest BCUT2D eigenvalue weighted by Gasteiger charge is -2.16. The predicted octanol–water partition coefficient (Wildman–Crippen LogP) is 4.85. The second-order valence-electron chi connectivity index (χ2n) is 6.42. The Bertz CT molecular complexity index is 992. The standard InChI is InChI=1S/C23H21ClN2O3/c1-16(18-11-5-7-13-20(18)24)25-22(27)15-29-21-14-8-6-12-19(21)23(28)26-17-9-3-2-4-10-17/h2-14,16H,15H2,1H3,(H,25,27)(H,26,28). The molecule has 148 valence electrons. The van der Waals surface area contributed by atoms with Crippen LogP contribution in [0, 0.1) is 0 Å². The number of amides is 2. The van der Waals surface area contributed by atoms with E-state index in [1.165, 1.54) is 0 Å². The Hall–Kier alpha value is -3.31. The van der Waals surface area contributed by atoms with Crippen LogP contribution in [0.25, 0.3) is 0 Å². The smallest absolute Gasteiger partial charge is 0.259 e. The van der Waals surface area contributed by atoms with Crippen molar-refractivity contribution in [3.63, 3.8) is 0 Å². The SMILES string of the molecule is CC(NC(=O)COc1ccccc1C(=O)Nc1ccccc1)c1ccccc1Cl. The van der Waals surface area contributed by atoms with Crippen molar-refractivity contribution in [1.82, 2.24) is 5.32 Å². The molecule has 5 nitrogen and oxygen atoms in total. The van der Waals surface area contributed by atoms with E-state index in [1.54, 1.807) is 42.5 Å². The molecule has 0 bridgehead atoms. The normalized spacial score (nSPS) is 11.4. The van der Waals surface area contributed by atoms with Gasteiger partial charge in [-0.1, -0.05) is 60.1 Å². The van der Waals surface area contributed by atoms with Gasteiger partial charge in [0.05, 0.1) is 11.6 Å². The lowest BCUT2D eigenvalue weighted by molar-refractivity contribution is -0.123. The van der Waals surface area contributed by atoms with Crippen molar-refractivity contribution in [2.45, 2.75) is 13.0 Å². The number of rotatable bonds is 7. The van der Waals surface area contributed by atoms with E-state index in [-0.39, 0.29) is 24.5 Å². The zero-order valence-electron chi connectivity index (χ0n) is 15.9. The number of para-hydroxylation sites is 2. The Morgan fingerprint density at radius 2 is 1.59 bits per heavy atom. The molecule has 3 aromatic rings. The molecule has 0 aromatic heterocycles. The molecule has 1 atom stereocenters. The highest BCUT2D eigenvalue weighted by Gasteiger charge is 2.16. The highest BCUT2D eigenvalue weighted by molar-refractivity contribution is 6.31. The first-order chi connectivity index (χ1) is 14.0. The second-order valence-corrected chi connectivity index (χ2v) is 6.82. The molecule has 0 radical (unpaired) electrons. The van der Waals surface area contributed by atoms with Crippen LogP contribution in [-0.2, 0) is 4.79 Å². The van der Waals surface area contributed by atoms with Crippen LogP contribution >= 0.6 is 11.6 Å². The van der Waals surface area contributed by atoms with Crippen LogP contribution in [0.1, 0.15) is 28.9 Å². The minimum atomic E-state index is -0.310. The third-order valence-corrected chi connectivity index (χ3v) is 4.62. The van der Waals surface area contributed by atoms with E-state index in [4.69, 9.17) is 16.3 Å². The Morgan fingerprint density at radius 1 is 0.931 bits per heavy atom. The maximum atomic E-state index is 12.6. The van der Waals surface area contributed by atoms with E-state index in [2.05, 4.69) is 10.6 Å². The van der Waals surface area contributed by atoms with Crippen molar-refractivity contribution in [2.75, 3.05) is 11.9 Å². The minimum absolute atomic E-state index is 0.218. The minimum Gasteiger partial charge on any atom is -0.483 e. The van der Waals surface area contributed by atoms with E-state index in [9.17, 15) is 9.59 Å². The molecule has 1 unspecified atom stereocenters. The van der Waals surface area contributed by atoms with Crippen LogP contribution in [-0.4, -0.2) is 18.4 Å². The fourth-order valence-corrected chi connectivity index (χ4v) is 3.13. The van der Waals surface area contributed by atoms with Gasteiger partial charge in [-0.05, 0) is 42.8 Å². The molecule has 2 N–H and O–H groups in total. The van der Waals surface area contributed by atoms with Gasteiger partial charge in [-0.3, -0.25) is 9.59 Å². The summed E-state index contributed by atoms with van der Waals surface area (Å²) in [4.78, 5) is 24.9. The average molecular weight is 409 g/mol. The van der Waals surface area contributed by atoms with Crippen LogP contribution in [0.2, 0.25) is 5.02 Å². The fraction of sp³-hybridized carbons (Fsp3) is 0.130. The van der Waals surface area contributed by atoms with E-state index < -0.39 is 0 Å².